The second kappa shape index (κ2) is 9.37. The Morgan fingerprint density at radius 3 is 2.66 bits per heavy atom. The largest absolute Gasteiger partial charge is 0.467 e. The van der Waals surface area contributed by atoms with Crippen LogP contribution in [0.25, 0.3) is 0 Å². The molecule has 3 rings (SSSR count). The molecular weight excluding hydrogens is 392 g/mol. The average Bonchev–Trinajstić information content (AvgIpc) is 3.35. The number of aromatic nitrogens is 4. The van der Waals surface area contributed by atoms with Crippen molar-refractivity contribution in [3.8, 4) is 0 Å². The van der Waals surface area contributed by atoms with Crippen molar-refractivity contribution in [2.24, 2.45) is 0 Å². The summed E-state index contributed by atoms with van der Waals surface area (Å²) in [4.78, 5) is 26.1. The fraction of sp³-hybridized carbons (Fsp3) is 0.316. The number of carbonyl (C=O) groups is 2. The fourth-order valence-corrected chi connectivity index (χ4v) is 3.50. The van der Waals surface area contributed by atoms with Crippen molar-refractivity contribution in [2.75, 3.05) is 24.7 Å². The van der Waals surface area contributed by atoms with Gasteiger partial charge in [-0.25, -0.2) is 4.68 Å². The van der Waals surface area contributed by atoms with Gasteiger partial charge in [-0.05, 0) is 47.5 Å². The molecule has 1 N–H and O–H groups in total. The van der Waals surface area contributed by atoms with Crippen LogP contribution in [0.4, 0.5) is 5.69 Å². The number of hydrogen-bond donors (Lipinski definition) is 1. The third-order valence-electron chi connectivity index (χ3n) is 4.26. The number of amides is 2. The van der Waals surface area contributed by atoms with Crippen LogP contribution < -0.4 is 5.32 Å². The average molecular weight is 414 g/mol. The molecule has 152 valence electrons. The molecule has 0 radical (unpaired) electrons. The van der Waals surface area contributed by atoms with Gasteiger partial charge in [0.15, 0.2) is 0 Å². The molecular formula is C19H22N6O3S. The van der Waals surface area contributed by atoms with Crippen molar-refractivity contribution in [3.63, 3.8) is 0 Å². The maximum Gasteiger partial charge on any atom is 0.243 e. The Hall–Kier alpha value is -3.14. The quantitative estimate of drug-likeness (QED) is 0.563. The van der Waals surface area contributed by atoms with Gasteiger partial charge in [0.2, 0.25) is 17.0 Å². The molecule has 1 aromatic carbocycles. The number of nitrogens with one attached hydrogen (secondary N) is 1. The minimum Gasteiger partial charge on any atom is -0.467 e. The lowest BCUT2D eigenvalue weighted by atomic mass is 10.1. The first-order chi connectivity index (χ1) is 13.9. The summed E-state index contributed by atoms with van der Waals surface area (Å²) in [6.07, 6.45) is 1.58. The van der Waals surface area contributed by atoms with Crippen LogP contribution in [0.3, 0.4) is 0 Å². The van der Waals surface area contributed by atoms with Gasteiger partial charge in [0, 0.05) is 12.7 Å². The molecule has 0 aliphatic carbocycles. The highest BCUT2D eigenvalue weighted by atomic mass is 32.2. The minimum atomic E-state index is -0.245. The number of rotatable bonds is 8. The van der Waals surface area contributed by atoms with Crippen LogP contribution in [0, 0.1) is 13.8 Å². The molecule has 0 aliphatic heterocycles. The summed E-state index contributed by atoms with van der Waals surface area (Å²) in [5, 5.41) is 14.9. The zero-order valence-corrected chi connectivity index (χ0v) is 17.3. The number of furan rings is 1. The van der Waals surface area contributed by atoms with E-state index in [-0.39, 0.29) is 24.1 Å². The molecule has 29 heavy (non-hydrogen) atoms. The third-order valence-corrected chi connectivity index (χ3v) is 5.20. The summed E-state index contributed by atoms with van der Waals surface area (Å²) in [6.45, 7) is 4.21. The molecule has 9 nitrogen and oxygen atoms in total. The van der Waals surface area contributed by atoms with Gasteiger partial charge in [-0.2, -0.15) is 0 Å². The molecule has 3 aromatic rings. The SMILES string of the molecule is Cc1cccc(C)c1NC(=O)CN(C)C(=O)CSc1nnnn1Cc1ccco1. The first-order valence-electron chi connectivity index (χ1n) is 8.95. The zero-order chi connectivity index (χ0) is 20.8. The van der Waals surface area contributed by atoms with E-state index in [4.69, 9.17) is 4.42 Å². The lowest BCUT2D eigenvalue weighted by Crippen LogP contribution is -2.36. The fourth-order valence-electron chi connectivity index (χ4n) is 2.68. The predicted molar refractivity (Wildman–Crippen MR) is 109 cm³/mol. The number of hydrogen-bond acceptors (Lipinski definition) is 7. The number of likely N-dealkylation sites (N-methyl/N-ethyl adjacent to an activating group) is 1. The normalized spacial score (nSPS) is 10.7. The molecule has 0 saturated heterocycles. The van der Waals surface area contributed by atoms with Gasteiger partial charge in [0.1, 0.15) is 12.3 Å². The van der Waals surface area contributed by atoms with Crippen LogP contribution in [-0.4, -0.2) is 56.3 Å². The Labute approximate surface area is 172 Å². The molecule has 2 amide bonds. The van der Waals surface area contributed by atoms with Gasteiger partial charge in [0.05, 0.1) is 18.6 Å². The topological polar surface area (TPSA) is 106 Å². The number of aryl methyl sites for hydroxylation is 2. The molecule has 0 atom stereocenters. The first-order valence-corrected chi connectivity index (χ1v) is 9.94. The second-order valence-corrected chi connectivity index (χ2v) is 7.49. The predicted octanol–water partition coefficient (Wildman–Crippen LogP) is 2.12. The van der Waals surface area contributed by atoms with E-state index < -0.39 is 0 Å². The summed E-state index contributed by atoms with van der Waals surface area (Å²) < 4.78 is 6.85. The highest BCUT2D eigenvalue weighted by molar-refractivity contribution is 7.99. The number of benzene rings is 1. The van der Waals surface area contributed by atoms with Gasteiger partial charge in [-0.3, -0.25) is 9.59 Å². The van der Waals surface area contributed by atoms with E-state index in [1.807, 2.05) is 38.1 Å². The van der Waals surface area contributed by atoms with Crippen molar-refractivity contribution in [1.29, 1.82) is 0 Å². The van der Waals surface area contributed by atoms with Gasteiger partial charge in [-0.15, -0.1) is 5.10 Å². The standard InChI is InChI=1S/C19H22N6O3S/c1-13-6-4-7-14(2)18(13)20-16(26)11-24(3)17(27)12-29-19-21-22-23-25(19)10-15-8-5-9-28-15/h4-9H,10-12H2,1-3H3,(H,20,26). The summed E-state index contributed by atoms with van der Waals surface area (Å²) in [5.74, 6) is 0.391. The molecule has 0 aliphatic rings. The van der Waals surface area contributed by atoms with Crippen LogP contribution in [0.1, 0.15) is 16.9 Å². The molecule has 0 saturated carbocycles. The van der Waals surface area contributed by atoms with Crippen LogP contribution in [0.2, 0.25) is 0 Å². The summed E-state index contributed by atoms with van der Waals surface area (Å²) in [7, 11) is 1.60. The van der Waals surface area contributed by atoms with Crippen LogP contribution in [0.5, 0.6) is 0 Å². The molecule has 0 fully saturated rings. The smallest absolute Gasteiger partial charge is 0.243 e. The first kappa shape index (κ1) is 20.6. The lowest BCUT2D eigenvalue weighted by Gasteiger charge is -2.18. The van der Waals surface area contributed by atoms with Gasteiger partial charge in [-0.1, -0.05) is 30.0 Å². The Bertz CT molecular complexity index is 966. The maximum atomic E-state index is 12.4. The number of nitrogens with zero attached hydrogens (tertiary/aromatic N) is 5. The number of para-hydroxylation sites is 1. The minimum absolute atomic E-state index is 0.0372. The number of carbonyl (C=O) groups excluding carboxylic acids is 2. The monoisotopic (exact) mass is 414 g/mol. The van der Waals surface area contributed by atoms with Crippen molar-refractivity contribution < 1.29 is 14.0 Å². The summed E-state index contributed by atoms with van der Waals surface area (Å²) in [5.41, 5.74) is 2.74. The highest BCUT2D eigenvalue weighted by Crippen LogP contribution is 2.19. The van der Waals surface area contributed by atoms with E-state index in [0.29, 0.717) is 17.5 Å². The van der Waals surface area contributed by atoms with Crippen LogP contribution in [-0.2, 0) is 16.1 Å². The van der Waals surface area contributed by atoms with Crippen LogP contribution in [0.15, 0.2) is 46.2 Å². The number of tetrazole rings is 1. The molecule has 2 aromatic heterocycles. The van der Waals surface area contributed by atoms with E-state index in [2.05, 4.69) is 20.8 Å². The zero-order valence-electron chi connectivity index (χ0n) is 16.5. The Morgan fingerprint density at radius 2 is 1.97 bits per heavy atom. The number of thioether (sulfide) groups is 1. The lowest BCUT2D eigenvalue weighted by molar-refractivity contribution is -0.131. The van der Waals surface area contributed by atoms with Gasteiger partial charge < -0.3 is 14.6 Å². The van der Waals surface area contributed by atoms with Gasteiger partial charge >= 0.3 is 0 Å². The second-order valence-electron chi connectivity index (χ2n) is 6.55. The molecule has 0 unspecified atom stereocenters. The van der Waals surface area contributed by atoms with Crippen molar-refractivity contribution >= 4 is 29.3 Å². The van der Waals surface area contributed by atoms with Crippen molar-refractivity contribution in [1.82, 2.24) is 25.1 Å². The van der Waals surface area contributed by atoms with E-state index in [0.717, 1.165) is 16.8 Å². The number of anilines is 1. The third kappa shape index (κ3) is 5.44. The van der Waals surface area contributed by atoms with E-state index in [1.165, 1.54) is 16.7 Å². The van der Waals surface area contributed by atoms with E-state index >= 15 is 0 Å². The molecule has 0 spiro atoms. The van der Waals surface area contributed by atoms with E-state index in [9.17, 15) is 9.59 Å². The Morgan fingerprint density at radius 1 is 1.21 bits per heavy atom. The molecule has 10 heteroatoms. The van der Waals surface area contributed by atoms with Gasteiger partial charge in [0.25, 0.3) is 0 Å². The highest BCUT2D eigenvalue weighted by Gasteiger charge is 2.17. The van der Waals surface area contributed by atoms with Crippen molar-refractivity contribution in [3.05, 3.63) is 53.5 Å². The summed E-state index contributed by atoms with van der Waals surface area (Å²) in [6, 6.07) is 9.41. The molecule has 0 bridgehead atoms. The Balaban J connectivity index is 1.51. The van der Waals surface area contributed by atoms with Crippen LogP contribution >= 0.6 is 11.8 Å². The summed E-state index contributed by atoms with van der Waals surface area (Å²) >= 11 is 1.21. The Kier molecular flexibility index (Phi) is 6.65. The van der Waals surface area contributed by atoms with E-state index in [1.54, 1.807) is 24.1 Å². The molecule has 2 heterocycles. The van der Waals surface area contributed by atoms with Crippen molar-refractivity contribution in [2.45, 2.75) is 25.5 Å². The maximum absolute atomic E-state index is 12.4.